The Morgan fingerprint density at radius 1 is 1.50 bits per heavy atom. The molecule has 8 heavy (non-hydrogen) atoms. The fourth-order valence-electron chi connectivity index (χ4n) is 0.365. The SMILES string of the molecule is CCN(C)CC(F)F. The lowest BCUT2D eigenvalue weighted by molar-refractivity contribution is 0.103. The summed E-state index contributed by atoms with van der Waals surface area (Å²) in [5.41, 5.74) is 0. The van der Waals surface area contributed by atoms with Crippen LogP contribution in [0.5, 0.6) is 0 Å². The third-order valence-corrected chi connectivity index (χ3v) is 0.990. The van der Waals surface area contributed by atoms with E-state index in [2.05, 4.69) is 0 Å². The smallest absolute Gasteiger partial charge is 0.251 e. The highest BCUT2D eigenvalue weighted by molar-refractivity contribution is 4.47. The number of rotatable bonds is 3. The summed E-state index contributed by atoms with van der Waals surface area (Å²) in [5, 5.41) is 0. The number of nitrogens with zero attached hydrogens (tertiary/aromatic N) is 1. The summed E-state index contributed by atoms with van der Waals surface area (Å²) in [6.45, 7) is 2.42. The zero-order valence-corrected chi connectivity index (χ0v) is 5.19. The van der Waals surface area contributed by atoms with Gasteiger partial charge in [-0.2, -0.15) is 0 Å². The molecule has 0 aromatic carbocycles. The van der Waals surface area contributed by atoms with E-state index in [4.69, 9.17) is 0 Å². The third-order valence-electron chi connectivity index (χ3n) is 0.990. The van der Waals surface area contributed by atoms with Gasteiger partial charge in [0.2, 0.25) is 0 Å². The van der Waals surface area contributed by atoms with Crippen molar-refractivity contribution in [3.8, 4) is 0 Å². The van der Waals surface area contributed by atoms with E-state index in [0.717, 1.165) is 0 Å². The maximum atomic E-state index is 11.4. The molecule has 0 N–H and O–H groups in total. The van der Waals surface area contributed by atoms with Gasteiger partial charge >= 0.3 is 0 Å². The monoisotopic (exact) mass is 123 g/mol. The molecule has 0 heterocycles. The molecule has 0 spiro atoms. The van der Waals surface area contributed by atoms with Crippen LogP contribution in [0.4, 0.5) is 8.78 Å². The van der Waals surface area contributed by atoms with E-state index in [0.29, 0.717) is 6.54 Å². The molecule has 0 fully saturated rings. The average Bonchev–Trinajstić information content (AvgIpc) is 1.65. The summed E-state index contributed by atoms with van der Waals surface area (Å²) in [5.74, 6) is 0. The largest absolute Gasteiger partial charge is 0.301 e. The number of hydrogen-bond donors (Lipinski definition) is 0. The van der Waals surface area contributed by atoms with Gasteiger partial charge in [-0.1, -0.05) is 6.92 Å². The van der Waals surface area contributed by atoms with Crippen LogP contribution in [0.25, 0.3) is 0 Å². The summed E-state index contributed by atoms with van der Waals surface area (Å²) in [6.07, 6.45) is -2.19. The van der Waals surface area contributed by atoms with Gasteiger partial charge < -0.3 is 4.90 Å². The van der Waals surface area contributed by atoms with Crippen molar-refractivity contribution in [1.29, 1.82) is 0 Å². The average molecular weight is 123 g/mol. The molecule has 0 radical (unpaired) electrons. The Morgan fingerprint density at radius 3 is 2.12 bits per heavy atom. The van der Waals surface area contributed by atoms with Crippen molar-refractivity contribution < 1.29 is 8.78 Å². The Kier molecular flexibility index (Phi) is 3.69. The van der Waals surface area contributed by atoms with E-state index in [9.17, 15) is 8.78 Å². The summed E-state index contributed by atoms with van der Waals surface area (Å²) in [4.78, 5) is 1.57. The molecule has 0 amide bonds. The molecule has 0 rings (SSSR count). The van der Waals surface area contributed by atoms with Crippen LogP contribution in [0.2, 0.25) is 0 Å². The minimum absolute atomic E-state index is 0.115. The molecule has 0 aliphatic rings. The minimum Gasteiger partial charge on any atom is -0.301 e. The standard InChI is InChI=1S/C5H11F2N/c1-3-8(2)4-5(6)7/h5H,3-4H2,1-2H3. The second-order valence-corrected chi connectivity index (χ2v) is 1.75. The van der Waals surface area contributed by atoms with Crippen LogP contribution in [-0.2, 0) is 0 Å². The molecular weight excluding hydrogens is 112 g/mol. The van der Waals surface area contributed by atoms with Gasteiger partial charge in [-0.3, -0.25) is 0 Å². The Morgan fingerprint density at radius 2 is 2.00 bits per heavy atom. The van der Waals surface area contributed by atoms with Crippen molar-refractivity contribution >= 4 is 0 Å². The fourth-order valence-corrected chi connectivity index (χ4v) is 0.365. The molecule has 0 aromatic rings. The Hall–Kier alpha value is -0.180. The first-order valence-corrected chi connectivity index (χ1v) is 2.63. The second kappa shape index (κ2) is 3.78. The first-order valence-electron chi connectivity index (χ1n) is 2.63. The Balaban J connectivity index is 3.10. The lowest BCUT2D eigenvalue weighted by atomic mass is 10.5. The van der Waals surface area contributed by atoms with Gasteiger partial charge in [-0.05, 0) is 13.6 Å². The predicted molar refractivity (Wildman–Crippen MR) is 29.2 cm³/mol. The van der Waals surface area contributed by atoms with Gasteiger partial charge in [0, 0.05) is 0 Å². The maximum absolute atomic E-state index is 11.4. The topological polar surface area (TPSA) is 3.24 Å². The van der Waals surface area contributed by atoms with Crippen LogP contribution in [0, 0.1) is 0 Å². The highest BCUT2D eigenvalue weighted by Gasteiger charge is 2.03. The molecule has 0 aliphatic carbocycles. The summed E-state index contributed by atoms with van der Waals surface area (Å²) in [6, 6.07) is 0. The maximum Gasteiger partial charge on any atom is 0.251 e. The summed E-state index contributed by atoms with van der Waals surface area (Å²) in [7, 11) is 1.67. The number of alkyl halides is 2. The van der Waals surface area contributed by atoms with Gasteiger partial charge in [0.05, 0.1) is 6.54 Å². The molecule has 0 saturated heterocycles. The predicted octanol–water partition coefficient (Wildman–Crippen LogP) is 1.20. The molecular formula is C5H11F2N. The van der Waals surface area contributed by atoms with E-state index in [-0.39, 0.29) is 6.54 Å². The molecule has 3 heteroatoms. The van der Waals surface area contributed by atoms with E-state index >= 15 is 0 Å². The number of halogens is 2. The molecule has 0 unspecified atom stereocenters. The van der Waals surface area contributed by atoms with Crippen molar-refractivity contribution in [2.75, 3.05) is 20.1 Å². The van der Waals surface area contributed by atoms with Gasteiger partial charge in [-0.15, -0.1) is 0 Å². The van der Waals surface area contributed by atoms with Crippen LogP contribution in [-0.4, -0.2) is 31.5 Å². The van der Waals surface area contributed by atoms with E-state index in [1.807, 2.05) is 6.92 Å². The summed E-state index contributed by atoms with van der Waals surface area (Å²) >= 11 is 0. The first-order chi connectivity index (χ1) is 3.66. The Bertz CT molecular complexity index is 56.4. The van der Waals surface area contributed by atoms with Crippen LogP contribution in [0.15, 0.2) is 0 Å². The normalized spacial score (nSPS) is 11.2. The first kappa shape index (κ1) is 7.82. The fraction of sp³-hybridized carbons (Fsp3) is 1.00. The number of hydrogen-bond acceptors (Lipinski definition) is 1. The van der Waals surface area contributed by atoms with Gasteiger partial charge in [-0.25, -0.2) is 8.78 Å². The van der Waals surface area contributed by atoms with Gasteiger partial charge in [0.25, 0.3) is 6.43 Å². The third kappa shape index (κ3) is 3.99. The van der Waals surface area contributed by atoms with Crippen LogP contribution in [0.1, 0.15) is 6.92 Å². The molecule has 0 aromatic heterocycles. The summed E-state index contributed by atoms with van der Waals surface area (Å²) < 4.78 is 22.9. The lowest BCUT2D eigenvalue weighted by Crippen LogP contribution is -2.23. The molecule has 0 aliphatic heterocycles. The molecule has 0 atom stereocenters. The van der Waals surface area contributed by atoms with Crippen LogP contribution < -0.4 is 0 Å². The Labute approximate surface area is 48.3 Å². The molecule has 0 saturated carbocycles. The van der Waals surface area contributed by atoms with Gasteiger partial charge in [0.1, 0.15) is 0 Å². The van der Waals surface area contributed by atoms with Crippen molar-refractivity contribution in [3.63, 3.8) is 0 Å². The lowest BCUT2D eigenvalue weighted by Gasteiger charge is -2.11. The van der Waals surface area contributed by atoms with Crippen LogP contribution >= 0.6 is 0 Å². The second-order valence-electron chi connectivity index (χ2n) is 1.75. The van der Waals surface area contributed by atoms with Crippen molar-refractivity contribution in [3.05, 3.63) is 0 Å². The van der Waals surface area contributed by atoms with E-state index in [1.165, 1.54) is 0 Å². The molecule has 50 valence electrons. The van der Waals surface area contributed by atoms with Crippen molar-refractivity contribution in [1.82, 2.24) is 4.90 Å². The van der Waals surface area contributed by atoms with Crippen LogP contribution in [0.3, 0.4) is 0 Å². The molecule has 1 nitrogen and oxygen atoms in total. The zero-order chi connectivity index (χ0) is 6.57. The highest BCUT2D eigenvalue weighted by atomic mass is 19.3. The van der Waals surface area contributed by atoms with Crippen molar-refractivity contribution in [2.45, 2.75) is 13.3 Å². The van der Waals surface area contributed by atoms with Crippen molar-refractivity contribution in [2.24, 2.45) is 0 Å². The minimum atomic E-state index is -2.19. The van der Waals surface area contributed by atoms with Gasteiger partial charge in [0.15, 0.2) is 0 Å². The quantitative estimate of drug-likeness (QED) is 0.545. The molecule has 0 bridgehead atoms. The highest BCUT2D eigenvalue weighted by Crippen LogP contribution is 1.93. The van der Waals surface area contributed by atoms with E-state index in [1.54, 1.807) is 11.9 Å². The van der Waals surface area contributed by atoms with E-state index < -0.39 is 6.43 Å². The zero-order valence-electron chi connectivity index (χ0n) is 5.19.